The maximum atomic E-state index is 12.1. The van der Waals surface area contributed by atoms with E-state index in [4.69, 9.17) is 9.84 Å². The van der Waals surface area contributed by atoms with E-state index < -0.39 is 5.97 Å². The van der Waals surface area contributed by atoms with Gasteiger partial charge in [-0.2, -0.15) is 0 Å². The molecule has 2 N–H and O–H groups in total. The molecule has 0 fully saturated rings. The highest BCUT2D eigenvalue weighted by atomic mass is 16.5. The van der Waals surface area contributed by atoms with Crippen LogP contribution in [0.1, 0.15) is 85.5 Å². The molecule has 0 aliphatic heterocycles. The van der Waals surface area contributed by atoms with Gasteiger partial charge >= 0.3 is 11.7 Å². The number of nitrogens with zero attached hydrogens (tertiary/aromatic N) is 2. The van der Waals surface area contributed by atoms with Gasteiger partial charge < -0.3 is 14.9 Å². The van der Waals surface area contributed by atoms with E-state index in [1.807, 2.05) is 13.8 Å². The van der Waals surface area contributed by atoms with Crippen LogP contribution in [0.4, 0.5) is 0 Å². The zero-order valence-electron chi connectivity index (χ0n) is 19.9. The lowest BCUT2D eigenvalue weighted by molar-refractivity contribution is -0.139. The predicted molar refractivity (Wildman–Crippen MR) is 124 cm³/mol. The third-order valence-corrected chi connectivity index (χ3v) is 5.83. The third kappa shape index (κ3) is 10.7. The van der Waals surface area contributed by atoms with Crippen molar-refractivity contribution in [3.05, 3.63) is 23.3 Å². The monoisotopic (exact) mass is 438 g/mol. The Morgan fingerprint density at radius 1 is 1.03 bits per heavy atom. The zero-order valence-corrected chi connectivity index (χ0v) is 19.9. The Morgan fingerprint density at radius 3 is 2.10 bits per heavy atom. The fourth-order valence-corrected chi connectivity index (χ4v) is 3.88. The molecule has 0 aliphatic rings. The second-order valence-electron chi connectivity index (χ2n) is 10.0. The van der Waals surface area contributed by atoms with Crippen molar-refractivity contribution in [1.29, 1.82) is 0 Å². The summed E-state index contributed by atoms with van der Waals surface area (Å²) < 4.78 is 8.40. The molecular formula is C24H42N2O5. The van der Waals surface area contributed by atoms with Gasteiger partial charge in [-0.25, -0.2) is 4.79 Å². The Kier molecular flexibility index (Phi) is 11.1. The number of hydrogen-bond donors (Lipinski definition) is 2. The number of aromatic hydroxyl groups is 1. The lowest BCUT2D eigenvalue weighted by Gasteiger charge is -2.24. The summed E-state index contributed by atoms with van der Waals surface area (Å²) in [4.78, 5) is 22.9. The van der Waals surface area contributed by atoms with E-state index in [9.17, 15) is 14.7 Å². The highest BCUT2D eigenvalue weighted by Gasteiger charge is 2.21. The van der Waals surface area contributed by atoms with E-state index in [0.29, 0.717) is 6.54 Å². The molecule has 7 nitrogen and oxygen atoms in total. The van der Waals surface area contributed by atoms with Crippen LogP contribution in [0.15, 0.2) is 17.6 Å². The second kappa shape index (κ2) is 12.7. The lowest BCUT2D eigenvalue weighted by Crippen LogP contribution is -2.22. The van der Waals surface area contributed by atoms with Crippen molar-refractivity contribution in [3.8, 4) is 5.88 Å². The quantitative estimate of drug-likeness (QED) is 0.329. The fourth-order valence-electron chi connectivity index (χ4n) is 3.88. The van der Waals surface area contributed by atoms with Gasteiger partial charge in [0.2, 0.25) is 5.88 Å². The van der Waals surface area contributed by atoms with Crippen molar-refractivity contribution >= 4 is 12.2 Å². The van der Waals surface area contributed by atoms with Crippen LogP contribution in [0.3, 0.4) is 0 Å². The molecule has 1 aromatic rings. The van der Waals surface area contributed by atoms with E-state index in [1.54, 1.807) is 0 Å². The largest absolute Gasteiger partial charge is 0.493 e. The van der Waals surface area contributed by atoms with E-state index in [1.165, 1.54) is 21.5 Å². The van der Waals surface area contributed by atoms with Crippen LogP contribution < -0.4 is 5.69 Å². The molecule has 1 aromatic heterocycles. The number of carboxylic acids is 1. The van der Waals surface area contributed by atoms with E-state index >= 15 is 0 Å². The molecule has 178 valence electrons. The molecular weight excluding hydrogens is 396 g/mol. The van der Waals surface area contributed by atoms with Crippen molar-refractivity contribution in [2.24, 2.45) is 10.8 Å². The number of aliphatic carboxylic acids is 1. The summed E-state index contributed by atoms with van der Waals surface area (Å²) >= 11 is 0. The van der Waals surface area contributed by atoms with Gasteiger partial charge in [0.15, 0.2) is 0 Å². The normalized spacial score (nSPS) is 12.3. The first-order valence-electron chi connectivity index (χ1n) is 11.4. The van der Waals surface area contributed by atoms with E-state index in [2.05, 4.69) is 20.4 Å². The van der Waals surface area contributed by atoms with Gasteiger partial charge in [0, 0.05) is 26.0 Å². The first kappa shape index (κ1) is 27.0. The molecule has 0 aromatic carbocycles. The number of aromatic nitrogens is 2. The minimum absolute atomic E-state index is 0.0229. The predicted octanol–water partition coefficient (Wildman–Crippen LogP) is 5.12. The average molecular weight is 439 g/mol. The number of imidazole rings is 1. The maximum absolute atomic E-state index is 12.1. The zero-order chi connectivity index (χ0) is 23.5. The number of hydrogen-bond acceptors (Lipinski definition) is 4. The molecule has 7 heteroatoms. The highest BCUT2D eigenvalue weighted by Crippen LogP contribution is 2.29. The number of unbranched alkanes of at least 4 members (excludes halogenated alkanes) is 2. The van der Waals surface area contributed by atoms with Gasteiger partial charge in [0.25, 0.3) is 0 Å². The lowest BCUT2D eigenvalue weighted by atomic mass is 9.83. The van der Waals surface area contributed by atoms with Crippen LogP contribution in [0.25, 0.3) is 6.20 Å². The molecule has 31 heavy (non-hydrogen) atoms. The summed E-state index contributed by atoms with van der Waals surface area (Å²) in [5.41, 5.74) is -0.233. The Hall–Kier alpha value is -2.02. The number of carbonyl (C=O) groups is 1. The van der Waals surface area contributed by atoms with Gasteiger partial charge in [-0.15, -0.1) is 0 Å². The van der Waals surface area contributed by atoms with Crippen LogP contribution in [-0.2, 0) is 16.1 Å². The molecule has 0 unspecified atom stereocenters. The summed E-state index contributed by atoms with van der Waals surface area (Å²) in [6.45, 7) is 14.0. The van der Waals surface area contributed by atoms with Crippen molar-refractivity contribution < 1.29 is 19.7 Å². The SMILES string of the molecule is C=Cn1cc(O)n(CCCC(C)(C)CCCCOCCCCC(C)(C)CC(=O)O)c1=O. The standard InChI is InChI=1S/C24H42N2O5/c1-6-25-19-20(27)26(22(25)30)15-11-14-23(2,3)12-7-9-16-31-17-10-8-13-24(4,5)18-21(28)29/h6,19,27H,1,7-18H2,2-5H3,(H,28,29). The van der Waals surface area contributed by atoms with Crippen molar-refractivity contribution in [3.63, 3.8) is 0 Å². The number of rotatable bonds is 17. The molecule has 0 aliphatic carbocycles. The maximum Gasteiger partial charge on any atom is 0.335 e. The summed E-state index contributed by atoms with van der Waals surface area (Å²) in [5.74, 6) is -0.756. The van der Waals surface area contributed by atoms with Crippen LogP contribution >= 0.6 is 0 Å². The van der Waals surface area contributed by atoms with Crippen molar-refractivity contribution in [1.82, 2.24) is 9.13 Å². The van der Waals surface area contributed by atoms with Gasteiger partial charge in [-0.3, -0.25) is 13.9 Å². The second-order valence-corrected chi connectivity index (χ2v) is 10.0. The minimum atomic E-state index is -0.733. The summed E-state index contributed by atoms with van der Waals surface area (Å²) in [7, 11) is 0. The smallest absolute Gasteiger partial charge is 0.335 e. The van der Waals surface area contributed by atoms with Crippen LogP contribution in [0.2, 0.25) is 0 Å². The topological polar surface area (TPSA) is 93.7 Å². The van der Waals surface area contributed by atoms with Crippen LogP contribution in [0, 0.1) is 10.8 Å². The van der Waals surface area contributed by atoms with Gasteiger partial charge in [-0.05, 0) is 49.4 Å². The third-order valence-electron chi connectivity index (χ3n) is 5.83. The fraction of sp³-hybridized carbons (Fsp3) is 0.750. The molecule has 0 bridgehead atoms. The molecule has 0 saturated heterocycles. The van der Waals surface area contributed by atoms with Gasteiger partial charge in [-0.1, -0.05) is 47.1 Å². The van der Waals surface area contributed by atoms with E-state index in [0.717, 1.165) is 64.6 Å². The van der Waals surface area contributed by atoms with Crippen LogP contribution in [0.5, 0.6) is 5.88 Å². The number of carboxylic acid groups (broad SMARTS) is 1. The van der Waals surface area contributed by atoms with Gasteiger partial charge in [0.05, 0.1) is 12.6 Å². The summed E-state index contributed by atoms with van der Waals surface area (Å²) in [6, 6.07) is 0. The van der Waals surface area contributed by atoms with Gasteiger partial charge in [0.1, 0.15) is 0 Å². The highest BCUT2D eigenvalue weighted by molar-refractivity contribution is 5.67. The molecule has 0 atom stereocenters. The minimum Gasteiger partial charge on any atom is -0.493 e. The van der Waals surface area contributed by atoms with Crippen LogP contribution in [-0.4, -0.2) is 38.5 Å². The molecule has 0 spiro atoms. The molecule has 0 radical (unpaired) electrons. The Bertz CT molecular complexity index is 746. The summed E-state index contributed by atoms with van der Waals surface area (Å²) in [5, 5.41) is 18.8. The van der Waals surface area contributed by atoms with E-state index in [-0.39, 0.29) is 28.8 Å². The molecule has 1 rings (SSSR count). The molecule has 1 heterocycles. The first-order valence-corrected chi connectivity index (χ1v) is 11.4. The Morgan fingerprint density at radius 2 is 1.58 bits per heavy atom. The van der Waals surface area contributed by atoms with Crippen molar-refractivity contribution in [2.45, 2.75) is 92.0 Å². The van der Waals surface area contributed by atoms with Crippen molar-refractivity contribution in [2.75, 3.05) is 13.2 Å². The molecule has 0 amide bonds. The number of ether oxygens (including phenoxy) is 1. The Balaban J connectivity index is 2.12. The average Bonchev–Trinajstić information content (AvgIpc) is 2.93. The summed E-state index contributed by atoms with van der Waals surface area (Å²) in [6.07, 6.45) is 10.9. The first-order chi connectivity index (χ1) is 14.5. The molecule has 0 saturated carbocycles. The Labute approximate surface area is 186 Å².